The van der Waals surface area contributed by atoms with Crippen molar-refractivity contribution in [3.8, 4) is 11.8 Å². The van der Waals surface area contributed by atoms with Crippen molar-refractivity contribution in [3.63, 3.8) is 0 Å². The number of hydrogen-bond acceptors (Lipinski definition) is 4. The molecule has 0 radical (unpaired) electrons. The van der Waals surface area contributed by atoms with Gasteiger partial charge in [0, 0.05) is 18.1 Å². The van der Waals surface area contributed by atoms with Crippen molar-refractivity contribution >= 4 is 5.69 Å². The molecular formula is C30H34N2O3. The molecule has 5 nitrogen and oxygen atoms in total. The summed E-state index contributed by atoms with van der Waals surface area (Å²) in [5.74, 6) is -0.617. The number of nitro benzene ring substituents is 1. The molecule has 5 heteroatoms. The van der Waals surface area contributed by atoms with Gasteiger partial charge in [-0.3, -0.25) is 10.1 Å². The second kappa shape index (κ2) is 9.54. The van der Waals surface area contributed by atoms with Crippen molar-refractivity contribution in [1.29, 1.82) is 5.26 Å². The Balaban J connectivity index is 2.32. The maximum atomic E-state index is 11.2. The van der Waals surface area contributed by atoms with E-state index in [-0.39, 0.29) is 22.4 Å². The molecule has 2 unspecified atom stereocenters. The fourth-order valence-corrected chi connectivity index (χ4v) is 4.48. The SMILES string of the molecule is Cc1ccc(C(c2cc(C(C)(C)C)c(O)c(C(C)(C)C)c2)C(C#N)c2ccc([N+](=O)[O-])cc2)cc1. The van der Waals surface area contributed by atoms with Gasteiger partial charge in [-0.15, -0.1) is 0 Å². The zero-order valence-electron chi connectivity index (χ0n) is 21.6. The molecule has 0 aliphatic rings. The fourth-order valence-electron chi connectivity index (χ4n) is 4.48. The number of nitrogens with zero attached hydrogens (tertiary/aromatic N) is 2. The Morgan fingerprint density at radius 3 is 1.69 bits per heavy atom. The van der Waals surface area contributed by atoms with Crippen LogP contribution < -0.4 is 0 Å². The minimum Gasteiger partial charge on any atom is -0.507 e. The molecule has 0 saturated carbocycles. The van der Waals surface area contributed by atoms with Gasteiger partial charge in [-0.05, 0) is 45.6 Å². The van der Waals surface area contributed by atoms with E-state index in [2.05, 4.69) is 47.6 Å². The second-order valence-electron chi connectivity index (χ2n) is 11.3. The maximum Gasteiger partial charge on any atom is 0.269 e. The highest BCUT2D eigenvalue weighted by molar-refractivity contribution is 5.54. The van der Waals surface area contributed by atoms with Crippen LogP contribution in [-0.2, 0) is 10.8 Å². The molecule has 2 atom stereocenters. The molecule has 0 heterocycles. The van der Waals surface area contributed by atoms with E-state index in [0.717, 1.165) is 27.8 Å². The molecule has 0 aliphatic heterocycles. The third kappa shape index (κ3) is 5.54. The summed E-state index contributed by atoms with van der Waals surface area (Å²) in [7, 11) is 0. The Kier molecular flexibility index (Phi) is 7.08. The average molecular weight is 471 g/mol. The van der Waals surface area contributed by atoms with Crippen LogP contribution in [0.2, 0.25) is 0 Å². The monoisotopic (exact) mass is 470 g/mol. The lowest BCUT2D eigenvalue weighted by Gasteiger charge is -2.31. The predicted octanol–water partition coefficient (Wildman–Crippen LogP) is 7.64. The van der Waals surface area contributed by atoms with Crippen LogP contribution in [0.1, 0.15) is 86.8 Å². The highest BCUT2D eigenvalue weighted by Gasteiger charge is 2.32. The van der Waals surface area contributed by atoms with Crippen LogP contribution in [0.25, 0.3) is 0 Å². The van der Waals surface area contributed by atoms with Gasteiger partial charge in [0.15, 0.2) is 0 Å². The summed E-state index contributed by atoms with van der Waals surface area (Å²) in [6, 6.07) is 20.9. The van der Waals surface area contributed by atoms with Crippen LogP contribution in [0, 0.1) is 28.4 Å². The van der Waals surface area contributed by atoms with Crippen LogP contribution in [0.3, 0.4) is 0 Å². The van der Waals surface area contributed by atoms with Crippen molar-refractivity contribution in [2.45, 2.75) is 71.1 Å². The summed E-state index contributed by atoms with van der Waals surface area (Å²) in [6.45, 7) is 14.4. The van der Waals surface area contributed by atoms with Gasteiger partial charge >= 0.3 is 0 Å². The van der Waals surface area contributed by atoms with E-state index >= 15 is 0 Å². The van der Waals surface area contributed by atoms with E-state index in [0.29, 0.717) is 11.3 Å². The summed E-state index contributed by atoms with van der Waals surface area (Å²) in [5.41, 5.74) is 4.78. The van der Waals surface area contributed by atoms with Crippen LogP contribution in [0.4, 0.5) is 5.69 Å². The molecule has 0 aromatic heterocycles. The number of phenolic OH excluding ortho intramolecular Hbond substituents is 1. The van der Waals surface area contributed by atoms with Crippen molar-refractivity contribution in [2.24, 2.45) is 0 Å². The van der Waals surface area contributed by atoms with E-state index in [1.54, 1.807) is 12.1 Å². The molecule has 1 N–H and O–H groups in total. The van der Waals surface area contributed by atoms with Crippen molar-refractivity contribution in [2.75, 3.05) is 0 Å². The highest BCUT2D eigenvalue weighted by Crippen LogP contribution is 2.45. The Morgan fingerprint density at radius 1 is 0.829 bits per heavy atom. The Labute approximate surface area is 208 Å². The molecule has 3 aromatic rings. The van der Waals surface area contributed by atoms with Crippen LogP contribution >= 0.6 is 0 Å². The number of benzene rings is 3. The second-order valence-corrected chi connectivity index (χ2v) is 11.3. The van der Waals surface area contributed by atoms with E-state index < -0.39 is 10.8 Å². The average Bonchev–Trinajstić information content (AvgIpc) is 2.77. The number of aromatic hydroxyl groups is 1. The normalized spacial score (nSPS) is 13.7. The van der Waals surface area contributed by atoms with Crippen molar-refractivity contribution in [1.82, 2.24) is 0 Å². The first kappa shape index (κ1) is 26.0. The van der Waals surface area contributed by atoms with Crippen LogP contribution in [0.15, 0.2) is 60.7 Å². The molecule has 0 spiro atoms. The first-order valence-corrected chi connectivity index (χ1v) is 11.8. The quantitative estimate of drug-likeness (QED) is 0.306. The first-order valence-electron chi connectivity index (χ1n) is 11.8. The number of hydrogen-bond donors (Lipinski definition) is 1. The number of nitro groups is 1. The number of phenols is 1. The Morgan fingerprint density at radius 2 is 1.29 bits per heavy atom. The Hall–Kier alpha value is -3.65. The molecule has 0 fully saturated rings. The molecule has 0 bridgehead atoms. The smallest absolute Gasteiger partial charge is 0.269 e. The van der Waals surface area contributed by atoms with Gasteiger partial charge in [0.05, 0.1) is 16.9 Å². The number of aryl methyl sites for hydroxylation is 1. The van der Waals surface area contributed by atoms with E-state index in [4.69, 9.17) is 0 Å². The first-order chi connectivity index (χ1) is 16.2. The van der Waals surface area contributed by atoms with Gasteiger partial charge in [-0.1, -0.05) is 95.6 Å². The molecule has 3 aromatic carbocycles. The minimum atomic E-state index is -0.580. The topological polar surface area (TPSA) is 87.2 Å². The summed E-state index contributed by atoms with van der Waals surface area (Å²) in [4.78, 5) is 10.7. The van der Waals surface area contributed by atoms with Crippen LogP contribution in [-0.4, -0.2) is 10.0 Å². The van der Waals surface area contributed by atoms with Crippen molar-refractivity contribution in [3.05, 3.63) is 104 Å². The van der Waals surface area contributed by atoms with Gasteiger partial charge in [-0.25, -0.2) is 0 Å². The summed E-state index contributed by atoms with van der Waals surface area (Å²) in [5, 5.41) is 32.8. The molecular weight excluding hydrogens is 436 g/mol. The largest absolute Gasteiger partial charge is 0.507 e. The lowest BCUT2D eigenvalue weighted by molar-refractivity contribution is -0.384. The van der Waals surface area contributed by atoms with Gasteiger partial charge in [0.1, 0.15) is 5.75 Å². The van der Waals surface area contributed by atoms with E-state index in [1.807, 2.05) is 43.3 Å². The molecule has 0 saturated heterocycles. The predicted molar refractivity (Wildman–Crippen MR) is 140 cm³/mol. The number of non-ortho nitro benzene ring substituents is 1. The zero-order chi connectivity index (χ0) is 26.1. The minimum absolute atomic E-state index is 0.00741. The summed E-state index contributed by atoms with van der Waals surface area (Å²) < 4.78 is 0. The highest BCUT2D eigenvalue weighted by atomic mass is 16.6. The standard InChI is InChI=1S/C30H34N2O3/c1-19-8-10-21(11-9-19)27(24(18-31)20-12-14-23(15-13-20)32(34)35)22-16-25(29(2,3)4)28(33)26(17-22)30(5,6)7/h8-17,24,27,33H,1-7H3. The van der Waals surface area contributed by atoms with Gasteiger partial charge in [0.2, 0.25) is 0 Å². The number of nitriles is 1. The van der Waals surface area contributed by atoms with Crippen LogP contribution in [0.5, 0.6) is 5.75 Å². The molecule has 0 aliphatic carbocycles. The van der Waals surface area contributed by atoms with Gasteiger partial charge in [-0.2, -0.15) is 5.26 Å². The molecule has 182 valence electrons. The zero-order valence-corrected chi connectivity index (χ0v) is 21.6. The van der Waals surface area contributed by atoms with Gasteiger partial charge < -0.3 is 5.11 Å². The molecule has 35 heavy (non-hydrogen) atoms. The molecule has 3 rings (SSSR count). The molecule has 0 amide bonds. The summed E-state index contributed by atoms with van der Waals surface area (Å²) in [6.07, 6.45) is 0. The summed E-state index contributed by atoms with van der Waals surface area (Å²) >= 11 is 0. The van der Waals surface area contributed by atoms with E-state index in [9.17, 15) is 20.5 Å². The third-order valence-corrected chi connectivity index (χ3v) is 6.48. The van der Waals surface area contributed by atoms with E-state index in [1.165, 1.54) is 12.1 Å². The van der Waals surface area contributed by atoms with Crippen molar-refractivity contribution < 1.29 is 10.0 Å². The third-order valence-electron chi connectivity index (χ3n) is 6.48. The number of rotatable bonds is 5. The van der Waals surface area contributed by atoms with Gasteiger partial charge in [0.25, 0.3) is 5.69 Å². The fraction of sp³-hybridized carbons (Fsp3) is 0.367. The lowest BCUT2D eigenvalue weighted by Crippen LogP contribution is -2.20. The Bertz CT molecular complexity index is 1220. The lowest BCUT2D eigenvalue weighted by atomic mass is 9.72. The maximum absolute atomic E-state index is 11.2.